The fraction of sp³-hybridized carbons (Fsp3) is 0.321. The molecule has 0 spiro atoms. The van der Waals surface area contributed by atoms with Gasteiger partial charge in [-0.3, -0.25) is 14.7 Å². The third-order valence-corrected chi connectivity index (χ3v) is 6.37. The fourth-order valence-electron chi connectivity index (χ4n) is 4.37. The number of aromatic amines is 1. The number of ether oxygens (including phenoxy) is 3. The van der Waals surface area contributed by atoms with Gasteiger partial charge < -0.3 is 34.9 Å². The molecule has 1 atom stereocenters. The molecule has 0 saturated carbocycles. The second-order valence-corrected chi connectivity index (χ2v) is 9.15. The number of H-pyrrole nitrogens is 1. The number of hydrogen-bond acceptors (Lipinski definition) is 8. The number of aromatic nitrogens is 2. The number of benzene rings is 2. The van der Waals surface area contributed by atoms with Crippen LogP contribution < -0.4 is 20.1 Å². The van der Waals surface area contributed by atoms with Gasteiger partial charge in [-0.2, -0.15) is 5.10 Å². The van der Waals surface area contributed by atoms with Crippen molar-refractivity contribution in [2.45, 2.75) is 6.10 Å². The third-order valence-electron chi connectivity index (χ3n) is 6.37. The monoisotopic (exact) mass is 533 g/mol. The lowest BCUT2D eigenvalue weighted by atomic mass is 10.0. The third kappa shape index (κ3) is 6.63. The minimum absolute atomic E-state index is 0.00361. The molecule has 0 radical (unpaired) electrons. The van der Waals surface area contributed by atoms with Crippen molar-refractivity contribution in [1.29, 1.82) is 0 Å². The molecule has 1 saturated heterocycles. The van der Waals surface area contributed by atoms with Crippen molar-refractivity contribution in [2.24, 2.45) is 0 Å². The summed E-state index contributed by atoms with van der Waals surface area (Å²) in [5.74, 6) is 0.946. The molecule has 5 rings (SSSR count). The van der Waals surface area contributed by atoms with Gasteiger partial charge in [-0.1, -0.05) is 6.07 Å². The van der Waals surface area contributed by atoms with Crippen molar-refractivity contribution >= 4 is 29.2 Å². The van der Waals surface area contributed by atoms with E-state index in [4.69, 9.17) is 14.2 Å². The second kappa shape index (κ2) is 12.6. The van der Waals surface area contributed by atoms with Crippen molar-refractivity contribution in [2.75, 3.05) is 57.9 Å². The van der Waals surface area contributed by atoms with Crippen molar-refractivity contribution in [3.63, 3.8) is 0 Å². The molecule has 2 amide bonds. The molecule has 2 aliphatic heterocycles. The SMILES string of the molecule is O=C1Nc2cccc(OCC(O)CNCCOc3ccc(C(=O)N4CCOCC4)cc3)c2/C1=C/c1ccn[nH]1. The molecule has 3 aromatic rings. The lowest BCUT2D eigenvalue weighted by molar-refractivity contribution is -0.110. The minimum Gasteiger partial charge on any atom is -0.492 e. The van der Waals surface area contributed by atoms with Gasteiger partial charge in [0.25, 0.3) is 11.8 Å². The highest BCUT2D eigenvalue weighted by molar-refractivity contribution is 6.35. The number of aliphatic hydroxyl groups is 1. The van der Waals surface area contributed by atoms with Gasteiger partial charge in [0, 0.05) is 37.9 Å². The Balaban J connectivity index is 1.05. The first-order valence-electron chi connectivity index (χ1n) is 12.9. The Hall–Kier alpha value is -4.19. The summed E-state index contributed by atoms with van der Waals surface area (Å²) in [4.78, 5) is 26.8. The van der Waals surface area contributed by atoms with Crippen LogP contribution >= 0.6 is 0 Å². The Bertz CT molecular complexity index is 1300. The number of carbonyl (C=O) groups excluding carboxylic acids is 2. The van der Waals surface area contributed by atoms with Crippen LogP contribution in [0.1, 0.15) is 21.6 Å². The van der Waals surface area contributed by atoms with Crippen LogP contribution in [-0.2, 0) is 9.53 Å². The molecule has 1 fully saturated rings. The average molecular weight is 534 g/mol. The number of nitrogens with one attached hydrogen (secondary N) is 3. The number of rotatable bonds is 11. The number of nitrogens with zero attached hydrogens (tertiary/aromatic N) is 2. The molecule has 2 aliphatic rings. The maximum atomic E-state index is 12.5. The molecule has 39 heavy (non-hydrogen) atoms. The lowest BCUT2D eigenvalue weighted by Gasteiger charge is -2.26. The Kier molecular flexibility index (Phi) is 8.51. The summed E-state index contributed by atoms with van der Waals surface area (Å²) in [6.45, 7) is 3.61. The van der Waals surface area contributed by atoms with Crippen LogP contribution in [0.2, 0.25) is 0 Å². The lowest BCUT2D eigenvalue weighted by Crippen LogP contribution is -2.40. The first-order chi connectivity index (χ1) is 19.1. The normalized spacial score (nSPS) is 16.6. The number of morpholine rings is 1. The van der Waals surface area contributed by atoms with Gasteiger partial charge in [-0.05, 0) is 48.5 Å². The molecule has 0 bridgehead atoms. The molecule has 4 N–H and O–H groups in total. The van der Waals surface area contributed by atoms with Crippen LogP contribution in [0, 0.1) is 0 Å². The van der Waals surface area contributed by atoms with Gasteiger partial charge >= 0.3 is 0 Å². The van der Waals surface area contributed by atoms with Crippen LogP contribution in [0.25, 0.3) is 11.6 Å². The Morgan fingerprint density at radius 2 is 1.97 bits per heavy atom. The van der Waals surface area contributed by atoms with Crippen LogP contribution in [0.15, 0.2) is 54.7 Å². The van der Waals surface area contributed by atoms with E-state index in [2.05, 4.69) is 20.8 Å². The maximum Gasteiger partial charge on any atom is 0.256 e. The standard InChI is InChI=1S/C28H31N5O6/c34-21(17-29-10-13-38-22-6-4-19(5-7-22)28(36)33-11-14-37-15-12-33)18-39-25-3-1-2-24-26(25)23(27(35)31-24)16-20-8-9-30-32-20/h1-9,16,21,29,34H,10-15,17-18H2,(H,30,32)(H,31,35)/b23-16-. The van der Waals surface area contributed by atoms with Crippen LogP contribution in [0.4, 0.5) is 5.69 Å². The second-order valence-electron chi connectivity index (χ2n) is 9.15. The smallest absolute Gasteiger partial charge is 0.256 e. The zero-order valence-corrected chi connectivity index (χ0v) is 21.4. The molecular weight excluding hydrogens is 502 g/mol. The maximum absolute atomic E-state index is 12.5. The summed E-state index contributed by atoms with van der Waals surface area (Å²) in [6.07, 6.45) is 2.56. The van der Waals surface area contributed by atoms with Gasteiger partial charge in [-0.15, -0.1) is 0 Å². The highest BCUT2D eigenvalue weighted by Gasteiger charge is 2.28. The Morgan fingerprint density at radius 3 is 2.74 bits per heavy atom. The van der Waals surface area contributed by atoms with Crippen LogP contribution in [0.3, 0.4) is 0 Å². The van der Waals surface area contributed by atoms with Crippen LogP contribution in [-0.4, -0.2) is 90.7 Å². The number of fused-ring (bicyclic) bond motifs is 1. The zero-order chi connectivity index (χ0) is 27.0. The molecule has 204 valence electrons. The topological polar surface area (TPSA) is 138 Å². The largest absolute Gasteiger partial charge is 0.492 e. The summed E-state index contributed by atoms with van der Waals surface area (Å²) in [5.41, 5.74) is 3.10. The van der Waals surface area contributed by atoms with Crippen molar-refractivity contribution in [3.8, 4) is 11.5 Å². The summed E-state index contributed by atoms with van der Waals surface area (Å²) in [6, 6.07) is 14.2. The van der Waals surface area contributed by atoms with E-state index in [1.807, 2.05) is 0 Å². The van der Waals surface area contributed by atoms with Gasteiger partial charge in [0.05, 0.1) is 35.7 Å². The average Bonchev–Trinajstić information content (AvgIpc) is 3.60. The van der Waals surface area contributed by atoms with Gasteiger partial charge in [0.2, 0.25) is 0 Å². The minimum atomic E-state index is -0.767. The van der Waals surface area contributed by atoms with E-state index >= 15 is 0 Å². The van der Waals surface area contributed by atoms with Crippen LogP contribution in [0.5, 0.6) is 11.5 Å². The number of aliphatic hydroxyl groups excluding tert-OH is 1. The summed E-state index contributed by atoms with van der Waals surface area (Å²) < 4.78 is 16.9. The van der Waals surface area contributed by atoms with Gasteiger partial charge in [0.1, 0.15) is 30.8 Å². The summed E-state index contributed by atoms with van der Waals surface area (Å²) >= 11 is 0. The molecule has 0 aliphatic carbocycles. The van der Waals surface area contributed by atoms with Gasteiger partial charge in [-0.25, -0.2) is 0 Å². The molecule has 11 heteroatoms. The fourth-order valence-corrected chi connectivity index (χ4v) is 4.37. The van der Waals surface area contributed by atoms with E-state index in [-0.39, 0.29) is 18.4 Å². The predicted octanol–water partition coefficient (Wildman–Crippen LogP) is 1.78. The molecular formula is C28H31N5O6. The molecule has 2 aromatic carbocycles. The molecule has 1 aromatic heterocycles. The molecule has 1 unspecified atom stereocenters. The number of carbonyl (C=O) groups is 2. The first-order valence-corrected chi connectivity index (χ1v) is 12.9. The van der Waals surface area contributed by atoms with E-state index < -0.39 is 6.10 Å². The molecule has 3 heterocycles. The van der Waals surface area contributed by atoms with E-state index in [9.17, 15) is 14.7 Å². The first kappa shape index (κ1) is 26.4. The quantitative estimate of drug-likeness (QED) is 0.216. The Labute approximate surface area is 225 Å². The Morgan fingerprint density at radius 1 is 1.15 bits per heavy atom. The van der Waals surface area contributed by atoms with E-state index in [1.165, 1.54) is 0 Å². The van der Waals surface area contributed by atoms with Crippen molar-refractivity contribution in [3.05, 3.63) is 71.5 Å². The number of amides is 2. The highest BCUT2D eigenvalue weighted by Crippen LogP contribution is 2.39. The molecule has 11 nitrogen and oxygen atoms in total. The zero-order valence-electron chi connectivity index (χ0n) is 21.4. The van der Waals surface area contributed by atoms with E-state index in [0.29, 0.717) is 85.6 Å². The summed E-state index contributed by atoms with van der Waals surface area (Å²) in [5, 5.41) is 23.1. The van der Waals surface area contributed by atoms with Gasteiger partial charge in [0.15, 0.2) is 0 Å². The van der Waals surface area contributed by atoms with E-state index in [0.717, 1.165) is 0 Å². The van der Waals surface area contributed by atoms with E-state index in [1.54, 1.807) is 65.7 Å². The van der Waals surface area contributed by atoms with Crippen molar-refractivity contribution < 1.29 is 28.9 Å². The highest BCUT2D eigenvalue weighted by atomic mass is 16.5. The summed E-state index contributed by atoms with van der Waals surface area (Å²) in [7, 11) is 0. The number of anilines is 1. The predicted molar refractivity (Wildman–Crippen MR) is 145 cm³/mol. The van der Waals surface area contributed by atoms with Crippen molar-refractivity contribution in [1.82, 2.24) is 20.4 Å². The number of hydrogen-bond donors (Lipinski definition) is 4.